The molecular formula is C14H19N3O2. The van der Waals surface area contributed by atoms with Crippen molar-refractivity contribution in [1.29, 1.82) is 0 Å². The molecule has 2 N–H and O–H groups in total. The van der Waals surface area contributed by atoms with Crippen molar-refractivity contribution in [3.05, 3.63) is 18.0 Å². The van der Waals surface area contributed by atoms with Crippen LogP contribution >= 0.6 is 0 Å². The normalized spacial score (nSPS) is 18.9. The van der Waals surface area contributed by atoms with Crippen molar-refractivity contribution in [2.24, 2.45) is 0 Å². The maximum atomic E-state index is 5.30. The second-order valence-electron chi connectivity index (χ2n) is 4.91. The summed E-state index contributed by atoms with van der Waals surface area (Å²) in [6, 6.07) is 4.40. The van der Waals surface area contributed by atoms with E-state index in [0.29, 0.717) is 11.8 Å². The van der Waals surface area contributed by atoms with E-state index < -0.39 is 0 Å². The highest BCUT2D eigenvalue weighted by atomic mass is 16.5. The maximum Gasteiger partial charge on any atom is 0.163 e. The quantitative estimate of drug-likeness (QED) is 0.882. The highest BCUT2D eigenvalue weighted by molar-refractivity contribution is 5.79. The number of aromatic amines is 1. The first kappa shape index (κ1) is 12.3. The molecule has 1 aromatic heterocycles. The van der Waals surface area contributed by atoms with Gasteiger partial charge in [-0.3, -0.25) is 0 Å². The number of methoxy groups -OCH3 is 2. The summed E-state index contributed by atoms with van der Waals surface area (Å²) in [5.41, 5.74) is 1.91. The fourth-order valence-electron chi connectivity index (χ4n) is 2.65. The van der Waals surface area contributed by atoms with Gasteiger partial charge in [0.15, 0.2) is 11.5 Å². The fraction of sp³-hybridized carbons (Fsp3) is 0.500. The van der Waals surface area contributed by atoms with Crippen molar-refractivity contribution in [2.45, 2.75) is 25.3 Å². The van der Waals surface area contributed by atoms with Crippen molar-refractivity contribution in [1.82, 2.24) is 15.3 Å². The van der Waals surface area contributed by atoms with Crippen LogP contribution in [0, 0.1) is 0 Å². The third-order valence-electron chi connectivity index (χ3n) is 3.64. The lowest BCUT2D eigenvalue weighted by Gasteiger charge is -2.06. The summed E-state index contributed by atoms with van der Waals surface area (Å²) in [6.07, 6.45) is 3.43. The zero-order valence-corrected chi connectivity index (χ0v) is 11.3. The number of hydrogen-bond acceptors (Lipinski definition) is 4. The second-order valence-corrected chi connectivity index (χ2v) is 4.91. The lowest BCUT2D eigenvalue weighted by molar-refractivity contribution is 0.356. The van der Waals surface area contributed by atoms with Crippen LogP contribution in [0.25, 0.3) is 11.0 Å². The van der Waals surface area contributed by atoms with Crippen LogP contribution in [-0.2, 0) is 6.42 Å². The van der Waals surface area contributed by atoms with Gasteiger partial charge in [-0.05, 0) is 19.4 Å². The summed E-state index contributed by atoms with van der Waals surface area (Å²) in [7, 11) is 3.28. The van der Waals surface area contributed by atoms with Gasteiger partial charge >= 0.3 is 0 Å². The number of H-pyrrole nitrogens is 1. The Kier molecular flexibility index (Phi) is 3.29. The standard InChI is InChI=1S/C14H19N3O2/c1-18-12-7-10-11(8-13(12)19-2)17-14(16-10)6-9-4-3-5-15-9/h7-9,15H,3-6H2,1-2H3,(H,16,17). The first-order valence-electron chi connectivity index (χ1n) is 6.64. The molecule has 5 nitrogen and oxygen atoms in total. The van der Waals surface area contributed by atoms with Crippen molar-refractivity contribution in [3.8, 4) is 11.5 Å². The monoisotopic (exact) mass is 261 g/mol. The van der Waals surface area contributed by atoms with Gasteiger partial charge in [0.05, 0.1) is 25.3 Å². The topological polar surface area (TPSA) is 59.2 Å². The Hall–Kier alpha value is -1.75. The number of fused-ring (bicyclic) bond motifs is 1. The minimum absolute atomic E-state index is 0.546. The molecule has 19 heavy (non-hydrogen) atoms. The van der Waals surface area contributed by atoms with Gasteiger partial charge in [0.2, 0.25) is 0 Å². The molecule has 0 saturated carbocycles. The van der Waals surface area contributed by atoms with Gasteiger partial charge in [-0.25, -0.2) is 4.98 Å². The van der Waals surface area contributed by atoms with E-state index in [1.165, 1.54) is 12.8 Å². The van der Waals surface area contributed by atoms with Gasteiger partial charge < -0.3 is 19.8 Å². The van der Waals surface area contributed by atoms with Gasteiger partial charge in [0.25, 0.3) is 0 Å². The van der Waals surface area contributed by atoms with Crippen molar-refractivity contribution in [2.75, 3.05) is 20.8 Å². The van der Waals surface area contributed by atoms with E-state index in [2.05, 4.69) is 15.3 Å². The van der Waals surface area contributed by atoms with E-state index in [0.717, 1.165) is 35.6 Å². The van der Waals surface area contributed by atoms with Crippen molar-refractivity contribution in [3.63, 3.8) is 0 Å². The third kappa shape index (κ3) is 2.38. The lowest BCUT2D eigenvalue weighted by atomic mass is 10.1. The molecule has 5 heteroatoms. The third-order valence-corrected chi connectivity index (χ3v) is 3.64. The molecule has 1 aromatic carbocycles. The summed E-state index contributed by atoms with van der Waals surface area (Å²) in [5.74, 6) is 2.46. The van der Waals surface area contributed by atoms with Crippen LogP contribution in [-0.4, -0.2) is 36.8 Å². The molecule has 0 bridgehead atoms. The summed E-state index contributed by atoms with van der Waals surface area (Å²) in [5, 5.41) is 3.49. The van der Waals surface area contributed by atoms with E-state index in [1.807, 2.05) is 12.1 Å². The molecule has 0 amide bonds. The first-order chi connectivity index (χ1) is 9.30. The van der Waals surface area contributed by atoms with Crippen LogP contribution in [0.3, 0.4) is 0 Å². The predicted octanol–water partition coefficient (Wildman–Crippen LogP) is 1.87. The summed E-state index contributed by atoms with van der Waals surface area (Å²) >= 11 is 0. The van der Waals surface area contributed by atoms with E-state index in [4.69, 9.17) is 9.47 Å². The number of benzene rings is 1. The molecule has 1 aliphatic heterocycles. The van der Waals surface area contributed by atoms with Gasteiger partial charge in [0.1, 0.15) is 5.82 Å². The van der Waals surface area contributed by atoms with Crippen molar-refractivity contribution >= 4 is 11.0 Å². The van der Waals surface area contributed by atoms with E-state index in [1.54, 1.807) is 14.2 Å². The Morgan fingerprint density at radius 3 is 2.74 bits per heavy atom. The molecule has 2 aromatic rings. The SMILES string of the molecule is COc1cc2nc(CC3CCCN3)[nH]c2cc1OC. The molecule has 102 valence electrons. The Bertz CT molecular complexity index is 532. The van der Waals surface area contributed by atoms with Gasteiger partial charge in [0, 0.05) is 24.6 Å². The molecule has 1 unspecified atom stereocenters. The lowest BCUT2D eigenvalue weighted by Crippen LogP contribution is -2.24. The molecular weight excluding hydrogens is 242 g/mol. The zero-order chi connectivity index (χ0) is 13.2. The highest BCUT2D eigenvalue weighted by Crippen LogP contribution is 2.31. The average molecular weight is 261 g/mol. The number of rotatable bonds is 4. The Morgan fingerprint density at radius 2 is 2.05 bits per heavy atom. The van der Waals surface area contributed by atoms with Crippen LogP contribution in [0.4, 0.5) is 0 Å². The van der Waals surface area contributed by atoms with E-state index >= 15 is 0 Å². The first-order valence-corrected chi connectivity index (χ1v) is 6.64. The van der Waals surface area contributed by atoms with Crippen LogP contribution in [0.1, 0.15) is 18.7 Å². The molecule has 0 radical (unpaired) electrons. The number of hydrogen-bond donors (Lipinski definition) is 2. The molecule has 1 saturated heterocycles. The van der Waals surface area contributed by atoms with Gasteiger partial charge in [-0.15, -0.1) is 0 Å². The molecule has 2 heterocycles. The Labute approximate surface area is 112 Å². The number of imidazole rings is 1. The minimum Gasteiger partial charge on any atom is -0.493 e. The summed E-state index contributed by atoms with van der Waals surface area (Å²) < 4.78 is 10.6. The Morgan fingerprint density at radius 1 is 1.26 bits per heavy atom. The average Bonchev–Trinajstić information content (AvgIpc) is 3.05. The summed E-state index contributed by atoms with van der Waals surface area (Å²) in [6.45, 7) is 1.12. The maximum absolute atomic E-state index is 5.30. The second kappa shape index (κ2) is 5.09. The minimum atomic E-state index is 0.546. The highest BCUT2D eigenvalue weighted by Gasteiger charge is 2.17. The number of ether oxygens (including phenoxy) is 2. The predicted molar refractivity (Wildman–Crippen MR) is 73.9 cm³/mol. The van der Waals surface area contributed by atoms with Crippen LogP contribution < -0.4 is 14.8 Å². The van der Waals surface area contributed by atoms with E-state index in [9.17, 15) is 0 Å². The molecule has 0 spiro atoms. The smallest absolute Gasteiger partial charge is 0.163 e. The molecule has 1 fully saturated rings. The molecule has 1 aliphatic rings. The van der Waals surface area contributed by atoms with Gasteiger partial charge in [-0.2, -0.15) is 0 Å². The van der Waals surface area contributed by atoms with Crippen LogP contribution in [0.5, 0.6) is 11.5 Å². The van der Waals surface area contributed by atoms with E-state index in [-0.39, 0.29) is 0 Å². The molecule has 3 rings (SSSR count). The van der Waals surface area contributed by atoms with Crippen LogP contribution in [0.2, 0.25) is 0 Å². The zero-order valence-electron chi connectivity index (χ0n) is 11.3. The number of aromatic nitrogens is 2. The largest absolute Gasteiger partial charge is 0.493 e. The molecule has 0 aliphatic carbocycles. The number of nitrogens with zero attached hydrogens (tertiary/aromatic N) is 1. The van der Waals surface area contributed by atoms with Gasteiger partial charge in [-0.1, -0.05) is 0 Å². The van der Waals surface area contributed by atoms with Crippen molar-refractivity contribution < 1.29 is 9.47 Å². The summed E-state index contributed by atoms with van der Waals surface area (Å²) in [4.78, 5) is 7.99. The Balaban J connectivity index is 1.91. The molecule has 1 atom stereocenters. The fourth-order valence-corrected chi connectivity index (χ4v) is 2.65. The van der Waals surface area contributed by atoms with Crippen LogP contribution in [0.15, 0.2) is 12.1 Å². The number of nitrogens with one attached hydrogen (secondary N) is 2.